The predicted octanol–water partition coefficient (Wildman–Crippen LogP) is 1.81. The number of aryl methyl sites for hydroxylation is 1. The second-order valence-electron chi connectivity index (χ2n) is 5.31. The summed E-state index contributed by atoms with van der Waals surface area (Å²) in [5, 5.41) is 12.4. The van der Waals surface area contributed by atoms with Gasteiger partial charge >= 0.3 is 5.97 Å². The molecule has 0 fully saturated rings. The van der Waals surface area contributed by atoms with E-state index in [9.17, 15) is 9.59 Å². The van der Waals surface area contributed by atoms with E-state index in [0.717, 1.165) is 20.9 Å². The van der Waals surface area contributed by atoms with Gasteiger partial charge in [-0.2, -0.15) is 0 Å². The molecule has 124 valence electrons. The standard InChI is InChI=1S/C15H20N4O3S/c1-4-11(15(21)22)18-12(20)5-6-19(3)13-10-7-9(2)23-14(10)17-8-16-13/h7-8,11H,4-6H2,1-3H3,(H,18,20)(H,21,22). The molecule has 2 N–H and O–H groups in total. The molecule has 2 aromatic heterocycles. The Morgan fingerprint density at radius 3 is 2.83 bits per heavy atom. The number of carbonyl (C=O) groups excluding carboxylic acids is 1. The molecule has 0 aliphatic heterocycles. The summed E-state index contributed by atoms with van der Waals surface area (Å²) in [6.45, 7) is 4.19. The molecule has 0 spiro atoms. The second-order valence-corrected chi connectivity index (χ2v) is 6.55. The Balaban J connectivity index is 2.00. The Labute approximate surface area is 138 Å². The quantitative estimate of drug-likeness (QED) is 0.800. The minimum Gasteiger partial charge on any atom is -0.480 e. The smallest absolute Gasteiger partial charge is 0.326 e. The number of carbonyl (C=O) groups is 2. The van der Waals surface area contributed by atoms with Gasteiger partial charge in [0.2, 0.25) is 5.91 Å². The number of aromatic nitrogens is 2. The third-order valence-corrected chi connectivity index (χ3v) is 4.47. The summed E-state index contributed by atoms with van der Waals surface area (Å²) in [7, 11) is 1.86. The molecule has 0 radical (unpaired) electrons. The number of nitrogens with one attached hydrogen (secondary N) is 1. The van der Waals surface area contributed by atoms with Gasteiger partial charge in [-0.15, -0.1) is 11.3 Å². The van der Waals surface area contributed by atoms with Crippen molar-refractivity contribution in [2.75, 3.05) is 18.5 Å². The van der Waals surface area contributed by atoms with E-state index in [-0.39, 0.29) is 12.3 Å². The fourth-order valence-electron chi connectivity index (χ4n) is 2.25. The Morgan fingerprint density at radius 1 is 1.43 bits per heavy atom. The van der Waals surface area contributed by atoms with E-state index in [1.807, 2.05) is 24.9 Å². The highest BCUT2D eigenvalue weighted by Crippen LogP contribution is 2.29. The van der Waals surface area contributed by atoms with Crippen molar-refractivity contribution in [3.63, 3.8) is 0 Å². The Kier molecular flexibility index (Phi) is 5.49. The number of aliphatic carboxylic acids is 1. The average molecular weight is 336 g/mol. The number of rotatable bonds is 7. The molecular formula is C15H20N4O3S. The van der Waals surface area contributed by atoms with Gasteiger partial charge in [0.15, 0.2) is 0 Å². The lowest BCUT2D eigenvalue weighted by atomic mass is 10.2. The molecule has 23 heavy (non-hydrogen) atoms. The Morgan fingerprint density at radius 2 is 2.17 bits per heavy atom. The molecule has 2 rings (SSSR count). The van der Waals surface area contributed by atoms with Crippen molar-refractivity contribution in [3.05, 3.63) is 17.3 Å². The molecule has 0 aliphatic rings. The van der Waals surface area contributed by atoms with E-state index in [1.54, 1.807) is 18.3 Å². The molecular weight excluding hydrogens is 316 g/mol. The van der Waals surface area contributed by atoms with Gasteiger partial charge in [0, 0.05) is 24.9 Å². The predicted molar refractivity (Wildman–Crippen MR) is 89.9 cm³/mol. The second kappa shape index (κ2) is 7.36. The largest absolute Gasteiger partial charge is 0.480 e. The van der Waals surface area contributed by atoms with Gasteiger partial charge in [-0.25, -0.2) is 14.8 Å². The van der Waals surface area contributed by atoms with Crippen LogP contribution in [0.4, 0.5) is 5.82 Å². The van der Waals surface area contributed by atoms with Crippen molar-refractivity contribution in [2.24, 2.45) is 0 Å². The van der Waals surface area contributed by atoms with Gasteiger partial charge in [0.05, 0.1) is 5.39 Å². The van der Waals surface area contributed by atoms with Crippen LogP contribution in [-0.2, 0) is 9.59 Å². The summed E-state index contributed by atoms with van der Waals surface area (Å²) >= 11 is 1.60. The molecule has 0 aliphatic carbocycles. The number of anilines is 1. The van der Waals surface area contributed by atoms with Crippen molar-refractivity contribution < 1.29 is 14.7 Å². The third kappa shape index (κ3) is 4.16. The van der Waals surface area contributed by atoms with Crippen LogP contribution >= 0.6 is 11.3 Å². The minimum absolute atomic E-state index is 0.203. The maximum atomic E-state index is 11.9. The monoisotopic (exact) mass is 336 g/mol. The normalized spacial score (nSPS) is 12.1. The molecule has 7 nitrogen and oxygen atoms in total. The van der Waals surface area contributed by atoms with E-state index in [2.05, 4.69) is 15.3 Å². The van der Waals surface area contributed by atoms with Crippen molar-refractivity contribution in [2.45, 2.75) is 32.7 Å². The summed E-state index contributed by atoms with van der Waals surface area (Å²) in [6.07, 6.45) is 2.08. The number of hydrogen-bond acceptors (Lipinski definition) is 6. The van der Waals surface area contributed by atoms with Gasteiger partial charge < -0.3 is 15.3 Å². The third-order valence-electron chi connectivity index (χ3n) is 3.51. The molecule has 0 bridgehead atoms. The highest BCUT2D eigenvalue weighted by atomic mass is 32.1. The number of carboxylic acids is 1. The summed E-state index contributed by atoms with van der Waals surface area (Å²) in [5.41, 5.74) is 0. The average Bonchev–Trinajstić information content (AvgIpc) is 2.89. The lowest BCUT2D eigenvalue weighted by Gasteiger charge is -2.19. The van der Waals surface area contributed by atoms with Gasteiger partial charge in [-0.05, 0) is 19.4 Å². The molecule has 0 saturated heterocycles. The van der Waals surface area contributed by atoms with Crippen molar-refractivity contribution >= 4 is 39.2 Å². The zero-order chi connectivity index (χ0) is 17.0. The summed E-state index contributed by atoms with van der Waals surface area (Å²) < 4.78 is 0. The molecule has 0 saturated carbocycles. The van der Waals surface area contributed by atoms with Crippen LogP contribution in [0.25, 0.3) is 10.2 Å². The fourth-order valence-corrected chi connectivity index (χ4v) is 3.09. The topological polar surface area (TPSA) is 95.4 Å². The SMILES string of the molecule is CCC(NC(=O)CCN(C)c1ncnc2sc(C)cc12)C(=O)O. The van der Waals surface area contributed by atoms with E-state index >= 15 is 0 Å². The summed E-state index contributed by atoms with van der Waals surface area (Å²) in [4.78, 5) is 35.3. The van der Waals surface area contributed by atoms with E-state index in [4.69, 9.17) is 5.11 Å². The van der Waals surface area contributed by atoms with Crippen LogP contribution in [0.15, 0.2) is 12.4 Å². The number of amides is 1. The van der Waals surface area contributed by atoms with Crippen molar-refractivity contribution in [3.8, 4) is 0 Å². The molecule has 2 aromatic rings. The number of hydrogen-bond donors (Lipinski definition) is 2. The maximum Gasteiger partial charge on any atom is 0.326 e. The van der Waals surface area contributed by atoms with Gasteiger partial charge in [-0.3, -0.25) is 4.79 Å². The van der Waals surface area contributed by atoms with Crippen LogP contribution in [0.2, 0.25) is 0 Å². The first-order valence-corrected chi connectivity index (χ1v) is 8.18. The number of fused-ring (bicyclic) bond motifs is 1. The Hall–Kier alpha value is -2.22. The lowest BCUT2D eigenvalue weighted by Crippen LogP contribution is -2.41. The van der Waals surface area contributed by atoms with Crippen LogP contribution in [-0.4, -0.2) is 46.6 Å². The van der Waals surface area contributed by atoms with Crippen molar-refractivity contribution in [1.29, 1.82) is 0 Å². The first-order chi connectivity index (χ1) is 10.9. The highest BCUT2D eigenvalue weighted by molar-refractivity contribution is 7.18. The molecule has 1 atom stereocenters. The summed E-state index contributed by atoms with van der Waals surface area (Å²) in [6, 6.07) is 1.20. The van der Waals surface area contributed by atoms with E-state index in [0.29, 0.717) is 13.0 Å². The van der Waals surface area contributed by atoms with Gasteiger partial charge in [-0.1, -0.05) is 6.92 Å². The van der Waals surface area contributed by atoms with Gasteiger partial charge in [0.25, 0.3) is 0 Å². The zero-order valence-corrected chi connectivity index (χ0v) is 14.2. The number of nitrogens with zero attached hydrogens (tertiary/aromatic N) is 3. The number of carboxylic acid groups (broad SMARTS) is 1. The van der Waals surface area contributed by atoms with E-state index in [1.165, 1.54) is 6.33 Å². The van der Waals surface area contributed by atoms with Gasteiger partial charge in [0.1, 0.15) is 23.0 Å². The number of thiophene rings is 1. The van der Waals surface area contributed by atoms with Crippen LogP contribution in [0.5, 0.6) is 0 Å². The summed E-state index contributed by atoms with van der Waals surface area (Å²) in [5.74, 6) is -0.518. The fraction of sp³-hybridized carbons (Fsp3) is 0.467. The zero-order valence-electron chi connectivity index (χ0n) is 13.4. The molecule has 2 heterocycles. The van der Waals surface area contributed by atoms with Crippen LogP contribution in [0, 0.1) is 6.92 Å². The molecule has 8 heteroatoms. The van der Waals surface area contributed by atoms with Crippen LogP contribution in [0.1, 0.15) is 24.6 Å². The lowest BCUT2D eigenvalue weighted by molar-refractivity contribution is -0.141. The Bertz CT molecular complexity index is 716. The highest BCUT2D eigenvalue weighted by Gasteiger charge is 2.18. The first kappa shape index (κ1) is 17.1. The molecule has 1 unspecified atom stereocenters. The van der Waals surface area contributed by atoms with E-state index < -0.39 is 12.0 Å². The minimum atomic E-state index is -1.01. The molecule has 0 aromatic carbocycles. The maximum absolute atomic E-state index is 11.9. The van der Waals surface area contributed by atoms with Crippen LogP contribution < -0.4 is 10.2 Å². The first-order valence-electron chi connectivity index (χ1n) is 7.36. The molecule has 1 amide bonds. The van der Waals surface area contributed by atoms with Crippen molar-refractivity contribution in [1.82, 2.24) is 15.3 Å². The van der Waals surface area contributed by atoms with Crippen LogP contribution in [0.3, 0.4) is 0 Å².